The first kappa shape index (κ1) is 20.2. The molecule has 3 N–H and O–H groups in total. The highest BCUT2D eigenvalue weighted by atomic mass is 32.1. The van der Waals surface area contributed by atoms with Crippen LogP contribution in [0.3, 0.4) is 0 Å². The summed E-state index contributed by atoms with van der Waals surface area (Å²) in [6.07, 6.45) is 1.08. The Labute approximate surface area is 160 Å². The molecule has 1 aromatic carbocycles. The number of carbonyl (C=O) groups excluding carboxylic acids is 1. The lowest BCUT2D eigenvalue weighted by Gasteiger charge is -2.20. The van der Waals surface area contributed by atoms with E-state index in [1.807, 2.05) is 5.38 Å². The van der Waals surface area contributed by atoms with Gasteiger partial charge in [0.2, 0.25) is 0 Å². The molecule has 1 heterocycles. The minimum absolute atomic E-state index is 0.0778. The van der Waals surface area contributed by atoms with Crippen molar-refractivity contribution in [1.82, 2.24) is 0 Å². The number of nitrogens with two attached hydrogens (primary N) is 1. The maximum atomic E-state index is 12.3. The zero-order valence-electron chi connectivity index (χ0n) is 16.0. The molecule has 2 aromatic rings. The summed E-state index contributed by atoms with van der Waals surface area (Å²) in [5, 5.41) is 16.4. The van der Waals surface area contributed by atoms with Gasteiger partial charge in [0, 0.05) is 11.5 Å². The molecule has 2 rings (SSSR count). The fourth-order valence-corrected chi connectivity index (χ4v) is 3.80. The predicted octanol–water partition coefficient (Wildman–Crippen LogP) is 3.72. The van der Waals surface area contributed by atoms with Gasteiger partial charge in [0.1, 0.15) is 17.1 Å². The number of quaternary nitrogens is 1. The number of hydrogen-bond acceptors (Lipinski definition) is 3. The molecule has 0 aliphatic rings. The number of benzene rings is 1. The van der Waals surface area contributed by atoms with Gasteiger partial charge in [0.05, 0.1) is 5.56 Å². The number of hydrogen-bond donors (Lipinski definition) is 2. The molecule has 1 atom stereocenters. The molecule has 138 valence electrons. The normalized spacial score (nSPS) is 12.2. The number of nitriles is 1. The SMILES string of the molecule is CC(C)Cc1ccc([C@H]([NH2+]CC(=O)Nc2sccc2C#N)C(C)C)cc1. The number of rotatable bonds is 8. The number of anilines is 1. The minimum Gasteiger partial charge on any atom is -0.332 e. The van der Waals surface area contributed by atoms with Gasteiger partial charge in [0.15, 0.2) is 6.54 Å². The van der Waals surface area contributed by atoms with Crippen LogP contribution in [0, 0.1) is 23.2 Å². The number of nitrogens with one attached hydrogen (secondary N) is 1. The van der Waals surface area contributed by atoms with E-state index in [-0.39, 0.29) is 11.9 Å². The molecule has 26 heavy (non-hydrogen) atoms. The van der Waals surface area contributed by atoms with Gasteiger partial charge in [-0.2, -0.15) is 5.26 Å². The first-order valence-electron chi connectivity index (χ1n) is 9.10. The van der Waals surface area contributed by atoms with Crippen LogP contribution >= 0.6 is 11.3 Å². The van der Waals surface area contributed by atoms with Crippen molar-refractivity contribution in [3.05, 3.63) is 52.4 Å². The second-order valence-corrected chi connectivity index (χ2v) is 8.29. The lowest BCUT2D eigenvalue weighted by atomic mass is 9.94. The fraction of sp³-hybridized carbons (Fsp3) is 0.429. The molecule has 1 amide bonds. The van der Waals surface area contributed by atoms with E-state index < -0.39 is 0 Å². The van der Waals surface area contributed by atoms with Gasteiger partial charge in [-0.25, -0.2) is 0 Å². The van der Waals surface area contributed by atoms with Crippen LogP contribution in [0.25, 0.3) is 0 Å². The summed E-state index contributed by atoms with van der Waals surface area (Å²) in [4.78, 5) is 12.3. The Morgan fingerprint density at radius 1 is 1.19 bits per heavy atom. The van der Waals surface area contributed by atoms with E-state index in [4.69, 9.17) is 5.26 Å². The molecule has 0 saturated carbocycles. The van der Waals surface area contributed by atoms with E-state index in [2.05, 4.69) is 68.7 Å². The average Bonchev–Trinajstić information content (AvgIpc) is 3.02. The van der Waals surface area contributed by atoms with Gasteiger partial charge in [0.25, 0.3) is 5.91 Å². The highest BCUT2D eigenvalue weighted by Gasteiger charge is 2.21. The summed E-state index contributed by atoms with van der Waals surface area (Å²) >= 11 is 1.38. The van der Waals surface area contributed by atoms with Crippen LogP contribution in [0.15, 0.2) is 35.7 Å². The smallest absolute Gasteiger partial charge is 0.280 e. The zero-order valence-corrected chi connectivity index (χ0v) is 16.8. The molecule has 1 aromatic heterocycles. The molecule has 0 radical (unpaired) electrons. The van der Waals surface area contributed by atoms with E-state index in [0.29, 0.717) is 28.9 Å². The van der Waals surface area contributed by atoms with Crippen LogP contribution in [-0.2, 0) is 11.2 Å². The molecule has 5 heteroatoms. The molecule has 0 fully saturated rings. The monoisotopic (exact) mass is 370 g/mol. The van der Waals surface area contributed by atoms with Crippen LogP contribution < -0.4 is 10.6 Å². The van der Waals surface area contributed by atoms with Gasteiger partial charge in [-0.15, -0.1) is 11.3 Å². The number of amides is 1. The van der Waals surface area contributed by atoms with E-state index in [9.17, 15) is 4.79 Å². The molecule has 0 unspecified atom stereocenters. The van der Waals surface area contributed by atoms with Gasteiger partial charge in [-0.1, -0.05) is 52.0 Å². The second-order valence-electron chi connectivity index (χ2n) is 7.37. The van der Waals surface area contributed by atoms with Gasteiger partial charge in [-0.3, -0.25) is 4.79 Å². The summed E-state index contributed by atoms with van der Waals surface area (Å²) in [5.74, 6) is 0.980. The predicted molar refractivity (Wildman–Crippen MR) is 107 cm³/mol. The van der Waals surface area contributed by atoms with Crippen molar-refractivity contribution < 1.29 is 10.1 Å². The van der Waals surface area contributed by atoms with Crippen LogP contribution in [0.2, 0.25) is 0 Å². The summed E-state index contributed by atoms with van der Waals surface area (Å²) in [7, 11) is 0. The van der Waals surface area contributed by atoms with E-state index in [1.165, 1.54) is 22.5 Å². The Bertz CT molecular complexity index is 756. The van der Waals surface area contributed by atoms with Gasteiger partial charge in [-0.05, 0) is 29.3 Å². The van der Waals surface area contributed by atoms with Crippen LogP contribution in [0.4, 0.5) is 5.00 Å². The summed E-state index contributed by atoms with van der Waals surface area (Å²) in [6.45, 7) is 9.13. The van der Waals surface area contributed by atoms with E-state index >= 15 is 0 Å². The van der Waals surface area contributed by atoms with Crippen molar-refractivity contribution in [1.29, 1.82) is 5.26 Å². The maximum Gasteiger partial charge on any atom is 0.280 e. The Morgan fingerprint density at radius 3 is 2.46 bits per heavy atom. The Hall–Kier alpha value is -2.16. The van der Waals surface area contributed by atoms with Crippen LogP contribution in [-0.4, -0.2) is 12.5 Å². The largest absolute Gasteiger partial charge is 0.332 e. The molecule has 0 aliphatic carbocycles. The Morgan fingerprint density at radius 2 is 1.88 bits per heavy atom. The van der Waals surface area contributed by atoms with Crippen molar-refractivity contribution in [3.63, 3.8) is 0 Å². The molecular weight excluding hydrogens is 342 g/mol. The van der Waals surface area contributed by atoms with Crippen LogP contribution in [0.1, 0.15) is 50.4 Å². The van der Waals surface area contributed by atoms with Crippen LogP contribution in [0.5, 0.6) is 0 Å². The van der Waals surface area contributed by atoms with Crippen molar-refractivity contribution >= 4 is 22.2 Å². The lowest BCUT2D eigenvalue weighted by Crippen LogP contribution is -2.88. The number of thiophene rings is 1. The van der Waals surface area contributed by atoms with Crippen molar-refractivity contribution in [2.45, 2.75) is 40.2 Å². The summed E-state index contributed by atoms with van der Waals surface area (Å²) < 4.78 is 0. The first-order valence-corrected chi connectivity index (χ1v) is 9.98. The molecule has 0 saturated heterocycles. The molecule has 4 nitrogen and oxygen atoms in total. The molecular formula is C21H28N3OS+. The standard InChI is InChI=1S/C21H27N3OS/c1-14(2)11-16-5-7-17(8-6-16)20(15(3)4)23-13-19(25)24-21-18(12-22)9-10-26-21/h5-10,14-15,20,23H,11,13H2,1-4H3,(H,24,25)/p+1/t20-/m1/s1. The average molecular weight is 371 g/mol. The molecule has 0 spiro atoms. The molecule has 0 aliphatic heterocycles. The third-order valence-corrected chi connectivity index (χ3v) is 5.15. The van der Waals surface area contributed by atoms with E-state index in [0.717, 1.165) is 6.42 Å². The van der Waals surface area contributed by atoms with Gasteiger partial charge >= 0.3 is 0 Å². The summed E-state index contributed by atoms with van der Waals surface area (Å²) in [6, 6.07) is 12.8. The fourth-order valence-electron chi connectivity index (χ4n) is 3.05. The molecule has 0 bridgehead atoms. The third-order valence-electron chi connectivity index (χ3n) is 4.32. The zero-order chi connectivity index (χ0) is 19.1. The number of carbonyl (C=O) groups is 1. The highest BCUT2D eigenvalue weighted by molar-refractivity contribution is 7.14. The quantitative estimate of drug-likeness (QED) is 0.743. The first-order chi connectivity index (χ1) is 12.4. The third kappa shape index (κ3) is 5.69. The topological polar surface area (TPSA) is 69.5 Å². The van der Waals surface area contributed by atoms with E-state index in [1.54, 1.807) is 6.07 Å². The highest BCUT2D eigenvalue weighted by Crippen LogP contribution is 2.22. The van der Waals surface area contributed by atoms with Crippen molar-refractivity contribution in [2.75, 3.05) is 11.9 Å². The number of nitrogens with zero attached hydrogens (tertiary/aromatic N) is 1. The van der Waals surface area contributed by atoms with Crippen molar-refractivity contribution in [3.8, 4) is 6.07 Å². The van der Waals surface area contributed by atoms with Crippen molar-refractivity contribution in [2.24, 2.45) is 11.8 Å². The van der Waals surface area contributed by atoms with Gasteiger partial charge < -0.3 is 10.6 Å². The Kier molecular flexibility index (Phi) is 7.38. The Balaban J connectivity index is 1.97. The maximum absolute atomic E-state index is 12.3. The lowest BCUT2D eigenvalue weighted by molar-refractivity contribution is -0.692. The minimum atomic E-state index is -0.0778. The second kappa shape index (κ2) is 9.51. The summed E-state index contributed by atoms with van der Waals surface area (Å²) in [5.41, 5.74) is 3.12.